The molecule has 1 aliphatic rings. The highest BCUT2D eigenvalue weighted by atomic mass is 79.9. The Hall–Kier alpha value is -0.650. The third kappa shape index (κ3) is 4.75. The zero-order chi connectivity index (χ0) is 13.5. The van der Waals surface area contributed by atoms with E-state index in [1.165, 1.54) is 0 Å². The molecule has 2 heterocycles. The van der Waals surface area contributed by atoms with Crippen molar-refractivity contribution in [1.29, 1.82) is 0 Å². The molecule has 0 bridgehead atoms. The van der Waals surface area contributed by atoms with E-state index in [0.29, 0.717) is 6.10 Å². The van der Waals surface area contributed by atoms with Crippen molar-refractivity contribution in [3.05, 3.63) is 34.7 Å². The van der Waals surface area contributed by atoms with Crippen LogP contribution in [0.2, 0.25) is 0 Å². The molecule has 0 aromatic carbocycles. The van der Waals surface area contributed by atoms with E-state index in [0.717, 1.165) is 51.0 Å². The summed E-state index contributed by atoms with van der Waals surface area (Å²) >= 11 is 3.38. The second kappa shape index (κ2) is 7.82. The first kappa shape index (κ1) is 14.8. The zero-order valence-electron chi connectivity index (χ0n) is 11.1. The van der Waals surface area contributed by atoms with Crippen molar-refractivity contribution >= 4 is 15.9 Å². The average molecular weight is 329 g/mol. The minimum Gasteiger partial charge on any atom is -0.377 e. The van der Waals surface area contributed by atoms with Gasteiger partial charge in [-0.25, -0.2) is 0 Å². The fraction of sp³-hybridized carbons (Fsp3) is 0.643. The Morgan fingerprint density at radius 3 is 2.74 bits per heavy atom. The molecular weight excluding hydrogens is 308 g/mol. The predicted octanol–water partition coefficient (Wildman–Crippen LogP) is 1.72. The Morgan fingerprint density at radius 2 is 2.05 bits per heavy atom. The third-order valence-corrected chi connectivity index (χ3v) is 3.85. The molecule has 1 fully saturated rings. The second-order valence-electron chi connectivity index (χ2n) is 4.83. The van der Waals surface area contributed by atoms with Gasteiger partial charge < -0.3 is 14.2 Å². The van der Waals surface area contributed by atoms with Crippen LogP contribution >= 0.6 is 15.9 Å². The van der Waals surface area contributed by atoms with Crippen LogP contribution in [-0.2, 0) is 11.3 Å². The Balaban J connectivity index is 1.71. The molecule has 0 atom stereocenters. The van der Waals surface area contributed by atoms with E-state index in [4.69, 9.17) is 4.74 Å². The van der Waals surface area contributed by atoms with E-state index in [1.807, 2.05) is 12.3 Å². The van der Waals surface area contributed by atoms with Gasteiger partial charge in [0, 0.05) is 43.8 Å². The monoisotopic (exact) mass is 328 g/mol. The molecule has 106 valence electrons. The molecule has 0 saturated carbocycles. The first-order valence-electron chi connectivity index (χ1n) is 6.85. The van der Waals surface area contributed by atoms with E-state index in [2.05, 4.69) is 20.8 Å². The van der Waals surface area contributed by atoms with Gasteiger partial charge in [-0.15, -0.1) is 0 Å². The number of hydrogen-bond acceptors (Lipinski definition) is 3. The van der Waals surface area contributed by atoms with Crippen LogP contribution in [0.4, 0.5) is 0 Å². The summed E-state index contributed by atoms with van der Waals surface area (Å²) in [6, 6.07) is 5.30. The highest BCUT2D eigenvalue weighted by Gasteiger charge is 2.19. The van der Waals surface area contributed by atoms with Crippen LogP contribution in [0.15, 0.2) is 29.2 Å². The maximum atomic E-state index is 11.6. The molecule has 1 aromatic rings. The standard InChI is InChI=1S/C14H21BrN2O2/c15-6-12-19-13-4-8-16(9-5-13)10-11-17-7-2-1-3-14(17)18/h1-3,7,13H,4-6,8-12H2. The van der Waals surface area contributed by atoms with Crippen molar-refractivity contribution in [1.82, 2.24) is 9.47 Å². The van der Waals surface area contributed by atoms with Gasteiger partial charge >= 0.3 is 0 Å². The van der Waals surface area contributed by atoms with Gasteiger partial charge in [0.1, 0.15) is 0 Å². The van der Waals surface area contributed by atoms with Crippen molar-refractivity contribution in [2.45, 2.75) is 25.5 Å². The van der Waals surface area contributed by atoms with E-state index in [9.17, 15) is 4.79 Å². The highest BCUT2D eigenvalue weighted by Crippen LogP contribution is 2.13. The number of rotatable bonds is 6. The second-order valence-corrected chi connectivity index (χ2v) is 5.63. The molecule has 4 nitrogen and oxygen atoms in total. The summed E-state index contributed by atoms with van der Waals surface area (Å²) in [5, 5.41) is 0.907. The Labute approximate surface area is 122 Å². The van der Waals surface area contributed by atoms with Crippen LogP contribution in [-0.4, -0.2) is 47.1 Å². The molecule has 0 aliphatic carbocycles. The molecule has 0 unspecified atom stereocenters. The Kier molecular flexibility index (Phi) is 6.07. The summed E-state index contributed by atoms with van der Waals surface area (Å²) in [6.07, 6.45) is 4.45. The molecule has 0 N–H and O–H groups in total. The van der Waals surface area contributed by atoms with Gasteiger partial charge in [-0.05, 0) is 18.9 Å². The number of piperidine rings is 1. The SMILES string of the molecule is O=c1ccccn1CCN1CCC(OCCBr)CC1. The number of hydrogen-bond donors (Lipinski definition) is 0. The molecule has 0 radical (unpaired) electrons. The lowest BCUT2D eigenvalue weighted by atomic mass is 10.1. The lowest BCUT2D eigenvalue weighted by Crippen LogP contribution is -2.39. The molecule has 1 aromatic heterocycles. The topological polar surface area (TPSA) is 34.5 Å². The van der Waals surface area contributed by atoms with Crippen molar-refractivity contribution < 1.29 is 4.74 Å². The van der Waals surface area contributed by atoms with Gasteiger partial charge in [0.05, 0.1) is 12.7 Å². The van der Waals surface area contributed by atoms with Crippen molar-refractivity contribution in [2.75, 3.05) is 31.6 Å². The molecule has 5 heteroatoms. The van der Waals surface area contributed by atoms with Crippen molar-refractivity contribution in [3.8, 4) is 0 Å². The number of alkyl halides is 1. The Bertz CT molecular complexity index is 427. The van der Waals surface area contributed by atoms with Crippen LogP contribution in [0.5, 0.6) is 0 Å². The van der Waals surface area contributed by atoms with E-state index in [1.54, 1.807) is 16.7 Å². The maximum absolute atomic E-state index is 11.6. The van der Waals surface area contributed by atoms with Gasteiger partial charge in [0.2, 0.25) is 0 Å². The molecular formula is C14H21BrN2O2. The van der Waals surface area contributed by atoms with Crippen LogP contribution in [0.25, 0.3) is 0 Å². The Morgan fingerprint density at radius 1 is 1.26 bits per heavy atom. The summed E-state index contributed by atoms with van der Waals surface area (Å²) < 4.78 is 7.50. The maximum Gasteiger partial charge on any atom is 0.250 e. The van der Waals surface area contributed by atoms with E-state index in [-0.39, 0.29) is 5.56 Å². The lowest BCUT2D eigenvalue weighted by molar-refractivity contribution is 0.0152. The summed E-state index contributed by atoms with van der Waals surface area (Å²) in [6.45, 7) is 4.63. The van der Waals surface area contributed by atoms with Crippen molar-refractivity contribution in [2.24, 2.45) is 0 Å². The molecule has 0 spiro atoms. The first-order chi connectivity index (χ1) is 9.29. The van der Waals surface area contributed by atoms with Crippen LogP contribution < -0.4 is 5.56 Å². The van der Waals surface area contributed by atoms with Gasteiger partial charge in [-0.2, -0.15) is 0 Å². The summed E-state index contributed by atoms with van der Waals surface area (Å²) in [7, 11) is 0. The average Bonchev–Trinajstić information content (AvgIpc) is 2.45. The largest absolute Gasteiger partial charge is 0.377 e. The number of aromatic nitrogens is 1. The fourth-order valence-corrected chi connectivity index (χ4v) is 2.59. The lowest BCUT2D eigenvalue weighted by Gasteiger charge is -2.31. The van der Waals surface area contributed by atoms with Crippen molar-refractivity contribution in [3.63, 3.8) is 0 Å². The minimum absolute atomic E-state index is 0.0815. The van der Waals surface area contributed by atoms with Gasteiger partial charge in [0.15, 0.2) is 0 Å². The summed E-state index contributed by atoms with van der Waals surface area (Å²) in [5.41, 5.74) is 0.0815. The predicted molar refractivity (Wildman–Crippen MR) is 79.9 cm³/mol. The van der Waals surface area contributed by atoms with Crippen LogP contribution in [0.3, 0.4) is 0 Å². The minimum atomic E-state index is 0.0815. The molecule has 19 heavy (non-hydrogen) atoms. The number of likely N-dealkylation sites (tertiary alicyclic amines) is 1. The number of pyridine rings is 1. The fourth-order valence-electron chi connectivity index (χ4n) is 2.41. The van der Waals surface area contributed by atoms with Gasteiger partial charge in [-0.1, -0.05) is 22.0 Å². The van der Waals surface area contributed by atoms with E-state index < -0.39 is 0 Å². The number of halogens is 1. The third-order valence-electron chi connectivity index (χ3n) is 3.52. The number of nitrogens with zero attached hydrogens (tertiary/aromatic N) is 2. The smallest absolute Gasteiger partial charge is 0.250 e. The quantitative estimate of drug-likeness (QED) is 0.746. The first-order valence-corrected chi connectivity index (χ1v) is 7.97. The highest BCUT2D eigenvalue weighted by molar-refractivity contribution is 9.09. The summed E-state index contributed by atoms with van der Waals surface area (Å²) in [4.78, 5) is 14.0. The van der Waals surface area contributed by atoms with Gasteiger partial charge in [-0.3, -0.25) is 4.79 Å². The molecule has 1 aliphatic heterocycles. The normalized spacial score (nSPS) is 17.7. The summed E-state index contributed by atoms with van der Waals surface area (Å²) in [5.74, 6) is 0. The zero-order valence-corrected chi connectivity index (χ0v) is 12.7. The molecule has 2 rings (SSSR count). The van der Waals surface area contributed by atoms with E-state index >= 15 is 0 Å². The van der Waals surface area contributed by atoms with Crippen LogP contribution in [0.1, 0.15) is 12.8 Å². The van der Waals surface area contributed by atoms with Gasteiger partial charge in [0.25, 0.3) is 5.56 Å². The van der Waals surface area contributed by atoms with Crippen LogP contribution in [0, 0.1) is 0 Å². The number of ether oxygens (including phenoxy) is 1. The molecule has 1 saturated heterocycles. The molecule has 0 amide bonds.